The Balaban J connectivity index is 0.000000758. The summed E-state index contributed by atoms with van der Waals surface area (Å²) in [5, 5.41) is 2.71. The summed E-state index contributed by atoms with van der Waals surface area (Å²) < 4.78 is 0. The average Bonchev–Trinajstić information content (AvgIpc) is 2.90. The van der Waals surface area contributed by atoms with Gasteiger partial charge < -0.3 is 0 Å². The van der Waals surface area contributed by atoms with Crippen LogP contribution in [0.25, 0.3) is 10.8 Å². The van der Waals surface area contributed by atoms with Crippen LogP contribution in [-0.2, 0) is 0 Å². The molecule has 5 rings (SSSR count). The van der Waals surface area contributed by atoms with E-state index in [0.717, 1.165) is 33.3 Å². The molecule has 0 atom stereocenters. The maximum Gasteiger partial charge on any atom is 0.264 e. The van der Waals surface area contributed by atoms with Gasteiger partial charge in [0.05, 0.1) is 16.9 Å². The summed E-state index contributed by atoms with van der Waals surface area (Å²) in [5.41, 5.74) is 4.20. The smallest absolute Gasteiger partial charge is 0.264 e. The summed E-state index contributed by atoms with van der Waals surface area (Å²) >= 11 is 6.21. The molecule has 25 heavy (non-hydrogen) atoms. The topological polar surface area (TPSA) is 32.7 Å². The maximum atomic E-state index is 12.9. The molecular weight excluding hydrogens is 332 g/mol. The molecule has 124 valence electrons. The van der Waals surface area contributed by atoms with E-state index in [2.05, 4.69) is 0 Å². The molecule has 0 spiro atoms. The molecule has 3 aromatic carbocycles. The van der Waals surface area contributed by atoms with Crippen molar-refractivity contribution in [1.82, 2.24) is 0 Å². The van der Waals surface area contributed by atoms with Gasteiger partial charge in [0.1, 0.15) is 5.84 Å². The third kappa shape index (κ3) is 2.12. The van der Waals surface area contributed by atoms with Gasteiger partial charge in [-0.3, -0.25) is 9.69 Å². The van der Waals surface area contributed by atoms with E-state index in [4.69, 9.17) is 16.6 Å². The van der Waals surface area contributed by atoms with Crippen molar-refractivity contribution in [3.63, 3.8) is 0 Å². The van der Waals surface area contributed by atoms with Crippen LogP contribution in [-0.4, -0.2) is 11.7 Å². The van der Waals surface area contributed by atoms with Crippen molar-refractivity contribution in [2.24, 2.45) is 4.99 Å². The molecule has 3 aromatic rings. The molecule has 0 N–H and O–H groups in total. The third-order valence-electron chi connectivity index (χ3n) is 4.51. The highest BCUT2D eigenvalue weighted by Gasteiger charge is 2.38. The van der Waals surface area contributed by atoms with Gasteiger partial charge in [-0.1, -0.05) is 49.7 Å². The molecule has 0 radical (unpaired) electrons. The Labute approximate surface area is 151 Å². The molecule has 2 heterocycles. The van der Waals surface area contributed by atoms with Crippen molar-refractivity contribution in [1.29, 1.82) is 0 Å². The number of nitrogens with zero attached hydrogens (tertiary/aromatic N) is 2. The van der Waals surface area contributed by atoms with Crippen molar-refractivity contribution >= 4 is 45.5 Å². The first-order valence-corrected chi connectivity index (χ1v) is 8.78. The van der Waals surface area contributed by atoms with Crippen LogP contribution in [0.15, 0.2) is 53.5 Å². The number of halogens is 1. The Hall–Kier alpha value is -2.65. The Bertz CT molecular complexity index is 1060. The second-order valence-corrected chi connectivity index (χ2v) is 6.28. The standard InChI is InChI=1S/C19H11ClN2O.C2H6/c1-10-8-12-13(9-14(10)20)19(23)22-16-7-3-5-11-4-2-6-15(17(11)16)21-18(12)22;1-2/h2-9H,1H3;1-2H3. The largest absolute Gasteiger partial charge is 0.268 e. The SMILES string of the molecule is CC.Cc1cc2c(cc1Cl)C(=O)N1C2=Nc2cccc3cccc1c23. The van der Waals surface area contributed by atoms with Crippen LogP contribution in [0.2, 0.25) is 5.02 Å². The molecule has 0 aliphatic carbocycles. The molecule has 0 saturated carbocycles. The third-order valence-corrected chi connectivity index (χ3v) is 4.92. The average molecular weight is 349 g/mol. The second kappa shape index (κ2) is 5.71. The highest BCUT2D eigenvalue weighted by molar-refractivity contribution is 6.41. The summed E-state index contributed by atoms with van der Waals surface area (Å²) in [6.07, 6.45) is 0. The summed E-state index contributed by atoms with van der Waals surface area (Å²) in [7, 11) is 0. The van der Waals surface area contributed by atoms with Gasteiger partial charge in [-0.15, -0.1) is 0 Å². The lowest BCUT2D eigenvalue weighted by molar-refractivity contribution is 0.101. The van der Waals surface area contributed by atoms with Crippen LogP contribution in [0.5, 0.6) is 0 Å². The van der Waals surface area contributed by atoms with Crippen molar-refractivity contribution in [2.75, 3.05) is 4.90 Å². The van der Waals surface area contributed by atoms with Crippen LogP contribution in [0.4, 0.5) is 11.4 Å². The fourth-order valence-corrected chi connectivity index (χ4v) is 3.57. The predicted molar refractivity (Wildman–Crippen MR) is 104 cm³/mol. The molecule has 0 aromatic heterocycles. The summed E-state index contributed by atoms with van der Waals surface area (Å²) in [6, 6.07) is 15.7. The summed E-state index contributed by atoms with van der Waals surface area (Å²) in [6.45, 7) is 5.94. The van der Waals surface area contributed by atoms with E-state index in [9.17, 15) is 4.79 Å². The minimum Gasteiger partial charge on any atom is -0.268 e. The highest BCUT2D eigenvalue weighted by Crippen LogP contribution is 2.43. The lowest BCUT2D eigenvalue weighted by atomic mass is 10.0. The van der Waals surface area contributed by atoms with Gasteiger partial charge in [0, 0.05) is 16.0 Å². The lowest BCUT2D eigenvalue weighted by Crippen LogP contribution is -2.31. The molecule has 0 saturated heterocycles. The van der Waals surface area contributed by atoms with Crippen LogP contribution >= 0.6 is 11.6 Å². The number of aliphatic imine (C=N–C) groups is 1. The van der Waals surface area contributed by atoms with Crippen molar-refractivity contribution < 1.29 is 4.79 Å². The zero-order valence-electron chi connectivity index (χ0n) is 14.3. The van der Waals surface area contributed by atoms with Crippen LogP contribution in [0.1, 0.15) is 35.3 Å². The van der Waals surface area contributed by atoms with Crippen molar-refractivity contribution in [3.05, 3.63) is 70.2 Å². The number of amidine groups is 1. The van der Waals surface area contributed by atoms with Gasteiger partial charge in [-0.25, -0.2) is 4.99 Å². The summed E-state index contributed by atoms with van der Waals surface area (Å²) in [4.78, 5) is 19.4. The molecule has 0 bridgehead atoms. The minimum atomic E-state index is -0.0670. The van der Waals surface area contributed by atoms with Gasteiger partial charge in [-0.05, 0) is 42.1 Å². The highest BCUT2D eigenvalue weighted by atomic mass is 35.5. The number of fused-ring (bicyclic) bond motifs is 4. The van der Waals surface area contributed by atoms with E-state index in [1.165, 1.54) is 0 Å². The van der Waals surface area contributed by atoms with E-state index >= 15 is 0 Å². The number of benzene rings is 3. The van der Waals surface area contributed by atoms with Gasteiger partial charge in [-0.2, -0.15) is 0 Å². The molecule has 1 amide bonds. The van der Waals surface area contributed by atoms with E-state index in [0.29, 0.717) is 16.4 Å². The monoisotopic (exact) mass is 348 g/mol. The molecule has 0 unspecified atom stereocenters. The molecule has 3 nitrogen and oxygen atoms in total. The zero-order chi connectivity index (χ0) is 17.7. The number of amides is 1. The number of aryl methyl sites for hydroxylation is 1. The van der Waals surface area contributed by atoms with Gasteiger partial charge in [0.25, 0.3) is 5.91 Å². The van der Waals surface area contributed by atoms with E-state index < -0.39 is 0 Å². The van der Waals surface area contributed by atoms with E-state index in [1.54, 1.807) is 11.0 Å². The molecule has 0 fully saturated rings. The first-order chi connectivity index (χ1) is 12.1. The van der Waals surface area contributed by atoms with Crippen molar-refractivity contribution in [3.8, 4) is 0 Å². The Morgan fingerprint density at radius 3 is 2.48 bits per heavy atom. The molecular formula is C21H17ClN2O. The van der Waals surface area contributed by atoms with Crippen LogP contribution < -0.4 is 4.90 Å². The first kappa shape index (κ1) is 15.9. The number of hydrogen-bond acceptors (Lipinski definition) is 2. The number of carbonyl (C=O) groups is 1. The lowest BCUT2D eigenvalue weighted by Gasteiger charge is -2.24. The minimum absolute atomic E-state index is 0.0670. The van der Waals surface area contributed by atoms with Gasteiger partial charge in [0.2, 0.25) is 0 Å². The Morgan fingerprint density at radius 1 is 1.00 bits per heavy atom. The number of anilines is 1. The number of rotatable bonds is 0. The van der Waals surface area contributed by atoms with Gasteiger partial charge >= 0.3 is 0 Å². The van der Waals surface area contributed by atoms with Crippen LogP contribution in [0, 0.1) is 6.92 Å². The fraction of sp³-hybridized carbons (Fsp3) is 0.143. The zero-order valence-corrected chi connectivity index (χ0v) is 15.1. The first-order valence-electron chi connectivity index (χ1n) is 8.40. The predicted octanol–water partition coefficient (Wildman–Crippen LogP) is 5.88. The quantitative estimate of drug-likeness (QED) is 0.499. The fourth-order valence-electron chi connectivity index (χ4n) is 3.41. The second-order valence-electron chi connectivity index (χ2n) is 5.88. The summed E-state index contributed by atoms with van der Waals surface area (Å²) in [5.74, 6) is 0.624. The number of hydrogen-bond donors (Lipinski definition) is 0. The van der Waals surface area contributed by atoms with Crippen LogP contribution in [0.3, 0.4) is 0 Å². The maximum absolute atomic E-state index is 12.9. The number of carbonyl (C=O) groups excluding carboxylic acids is 1. The normalized spacial score (nSPS) is 13.8. The van der Waals surface area contributed by atoms with E-state index in [-0.39, 0.29) is 5.91 Å². The molecule has 2 aliphatic heterocycles. The van der Waals surface area contributed by atoms with E-state index in [1.807, 2.05) is 63.2 Å². The van der Waals surface area contributed by atoms with Crippen molar-refractivity contribution in [2.45, 2.75) is 20.8 Å². The molecule has 4 heteroatoms. The Morgan fingerprint density at radius 2 is 1.72 bits per heavy atom. The molecule has 2 aliphatic rings. The van der Waals surface area contributed by atoms with Gasteiger partial charge in [0.15, 0.2) is 0 Å². The Kier molecular flexibility index (Phi) is 3.62.